The molecule has 0 aromatic heterocycles. The van der Waals surface area contributed by atoms with E-state index in [1.807, 2.05) is 5.32 Å². The number of hydrogen-bond donors (Lipinski definition) is 4. The van der Waals surface area contributed by atoms with Gasteiger partial charge in [0.25, 0.3) is 5.91 Å². The van der Waals surface area contributed by atoms with E-state index in [1.165, 1.54) is 18.2 Å². The predicted octanol–water partition coefficient (Wildman–Crippen LogP) is -0.0679. The van der Waals surface area contributed by atoms with Gasteiger partial charge in [0.15, 0.2) is 0 Å². The van der Waals surface area contributed by atoms with E-state index in [9.17, 15) is 19.2 Å². The number of alkyl carbamates (subject to hydrolysis) is 1. The second-order valence-electron chi connectivity index (χ2n) is 4.51. The lowest BCUT2D eigenvalue weighted by atomic mass is 10.1. The van der Waals surface area contributed by atoms with Crippen LogP contribution in [0.15, 0.2) is 24.3 Å². The van der Waals surface area contributed by atoms with Gasteiger partial charge in [-0.2, -0.15) is 0 Å². The van der Waals surface area contributed by atoms with Crippen LogP contribution in [0.4, 0.5) is 15.3 Å². The molecule has 0 saturated carbocycles. The number of nitrogens with two attached hydrogens (primary N) is 1. The lowest BCUT2D eigenvalue weighted by Crippen LogP contribution is -2.48. The smallest absolute Gasteiger partial charge is 0.407 e. The molecule has 1 saturated heterocycles. The minimum Gasteiger partial charge on any atom is -0.449 e. The molecule has 5 amide bonds. The fourth-order valence-corrected chi connectivity index (χ4v) is 1.87. The topological polar surface area (TPSA) is 140 Å². The average molecular weight is 306 g/mol. The first-order chi connectivity index (χ1) is 10.5. The first-order valence-electron chi connectivity index (χ1n) is 6.40. The van der Waals surface area contributed by atoms with Crippen molar-refractivity contribution in [3.63, 3.8) is 0 Å². The molecular formula is C13H14N4O5. The lowest BCUT2D eigenvalue weighted by molar-refractivity contribution is -0.119. The van der Waals surface area contributed by atoms with E-state index in [-0.39, 0.29) is 12.2 Å². The molecule has 2 rings (SSSR count). The molecule has 0 radical (unpaired) electrons. The van der Waals surface area contributed by atoms with Crippen molar-refractivity contribution >= 4 is 29.6 Å². The van der Waals surface area contributed by atoms with Crippen molar-refractivity contribution in [2.45, 2.75) is 12.5 Å². The molecular weight excluding hydrogens is 292 g/mol. The summed E-state index contributed by atoms with van der Waals surface area (Å²) >= 11 is 0. The normalized spacial score (nSPS) is 16.9. The fraction of sp³-hybridized carbons (Fsp3) is 0.231. The number of carbonyl (C=O) groups is 4. The molecule has 1 aromatic rings. The second kappa shape index (κ2) is 6.57. The Kier molecular flexibility index (Phi) is 4.57. The van der Waals surface area contributed by atoms with E-state index in [1.54, 1.807) is 6.07 Å². The summed E-state index contributed by atoms with van der Waals surface area (Å²) in [7, 11) is 0. The molecule has 9 heteroatoms. The number of urea groups is 1. The Morgan fingerprint density at radius 3 is 2.77 bits per heavy atom. The van der Waals surface area contributed by atoms with E-state index in [0.29, 0.717) is 12.1 Å². The highest BCUT2D eigenvalue weighted by atomic mass is 16.6. The number of nitrogens with one attached hydrogen (secondary N) is 3. The molecule has 1 aliphatic rings. The molecule has 1 unspecified atom stereocenters. The van der Waals surface area contributed by atoms with Crippen molar-refractivity contribution in [3.8, 4) is 0 Å². The number of carbonyl (C=O) groups excluding carboxylic acids is 4. The molecule has 1 fully saturated rings. The van der Waals surface area contributed by atoms with Crippen LogP contribution in [0.3, 0.4) is 0 Å². The van der Waals surface area contributed by atoms with Gasteiger partial charge >= 0.3 is 12.1 Å². The summed E-state index contributed by atoms with van der Waals surface area (Å²) in [6.07, 6.45) is -0.305. The van der Waals surface area contributed by atoms with E-state index in [2.05, 4.69) is 15.4 Å². The Balaban J connectivity index is 2.03. The molecule has 1 aliphatic heterocycles. The largest absolute Gasteiger partial charge is 0.449 e. The molecule has 1 heterocycles. The predicted molar refractivity (Wildman–Crippen MR) is 75.0 cm³/mol. The summed E-state index contributed by atoms with van der Waals surface area (Å²) in [6.45, 7) is 0.158. The Bertz CT molecular complexity index is 631. The standard InChI is InChI=1S/C13H14N4O5/c14-12(20)17-10(18)7-2-1-3-8(6-7)15-11(19)9-4-5-22-13(21)16-9/h1-3,6,9H,4-5H2,(H,15,19)(H,16,21)(H3,14,17,18,20). The maximum absolute atomic E-state index is 12.0. The number of anilines is 1. The quantitative estimate of drug-likeness (QED) is 0.619. The van der Waals surface area contributed by atoms with Crippen molar-refractivity contribution in [3.05, 3.63) is 29.8 Å². The van der Waals surface area contributed by atoms with Crippen LogP contribution in [0.1, 0.15) is 16.8 Å². The molecule has 0 aliphatic carbocycles. The van der Waals surface area contributed by atoms with Gasteiger partial charge in [-0.1, -0.05) is 6.07 Å². The number of cyclic esters (lactones) is 1. The van der Waals surface area contributed by atoms with Crippen molar-refractivity contribution < 1.29 is 23.9 Å². The summed E-state index contributed by atoms with van der Waals surface area (Å²) in [5, 5.41) is 6.88. The summed E-state index contributed by atoms with van der Waals surface area (Å²) in [6, 6.07) is 4.28. The highest BCUT2D eigenvalue weighted by Gasteiger charge is 2.25. The zero-order chi connectivity index (χ0) is 16.1. The van der Waals surface area contributed by atoms with Gasteiger partial charge in [0.1, 0.15) is 6.04 Å². The number of ether oxygens (including phenoxy) is 1. The first-order valence-corrected chi connectivity index (χ1v) is 6.40. The number of amides is 5. The number of rotatable bonds is 3. The zero-order valence-corrected chi connectivity index (χ0v) is 11.4. The average Bonchev–Trinajstić information content (AvgIpc) is 2.47. The van der Waals surface area contributed by atoms with Crippen LogP contribution in [0.2, 0.25) is 0 Å². The fourth-order valence-electron chi connectivity index (χ4n) is 1.87. The molecule has 1 atom stereocenters. The van der Waals surface area contributed by atoms with Gasteiger partial charge in [-0.3, -0.25) is 14.9 Å². The van der Waals surface area contributed by atoms with Gasteiger partial charge in [-0.25, -0.2) is 9.59 Å². The molecule has 0 spiro atoms. The molecule has 116 valence electrons. The highest BCUT2D eigenvalue weighted by molar-refractivity contribution is 6.05. The second-order valence-corrected chi connectivity index (χ2v) is 4.51. The molecule has 22 heavy (non-hydrogen) atoms. The summed E-state index contributed by atoms with van der Waals surface area (Å²) in [5.41, 5.74) is 5.38. The van der Waals surface area contributed by atoms with Crippen molar-refractivity contribution in [2.24, 2.45) is 5.73 Å². The van der Waals surface area contributed by atoms with Gasteiger partial charge in [0.2, 0.25) is 5.91 Å². The van der Waals surface area contributed by atoms with Gasteiger partial charge in [-0.05, 0) is 18.2 Å². The van der Waals surface area contributed by atoms with Crippen molar-refractivity contribution in [1.82, 2.24) is 10.6 Å². The Morgan fingerprint density at radius 1 is 1.32 bits per heavy atom. The Hall–Kier alpha value is -3.10. The van der Waals surface area contributed by atoms with Gasteiger partial charge in [-0.15, -0.1) is 0 Å². The van der Waals surface area contributed by atoms with E-state index in [0.717, 1.165) is 0 Å². The van der Waals surface area contributed by atoms with Crippen LogP contribution in [0, 0.1) is 0 Å². The zero-order valence-electron chi connectivity index (χ0n) is 11.4. The summed E-state index contributed by atoms with van der Waals surface area (Å²) in [4.78, 5) is 45.4. The number of primary amides is 1. The third-order valence-corrected chi connectivity index (χ3v) is 2.88. The minimum absolute atomic E-state index is 0.158. The number of benzene rings is 1. The Labute approximate surface area is 125 Å². The van der Waals surface area contributed by atoms with Crippen LogP contribution in [0.25, 0.3) is 0 Å². The third-order valence-electron chi connectivity index (χ3n) is 2.88. The SMILES string of the molecule is NC(=O)NC(=O)c1cccc(NC(=O)C2CCOC(=O)N2)c1. The van der Waals surface area contributed by atoms with Crippen LogP contribution >= 0.6 is 0 Å². The third kappa shape index (κ3) is 3.95. The molecule has 9 nitrogen and oxygen atoms in total. The first kappa shape index (κ1) is 15.3. The minimum atomic E-state index is -0.968. The molecule has 0 bridgehead atoms. The van der Waals surface area contributed by atoms with Gasteiger partial charge < -0.3 is 21.1 Å². The van der Waals surface area contributed by atoms with E-state index >= 15 is 0 Å². The van der Waals surface area contributed by atoms with E-state index in [4.69, 9.17) is 5.73 Å². The summed E-state index contributed by atoms with van der Waals surface area (Å²) in [5.74, 6) is -1.10. The lowest BCUT2D eigenvalue weighted by Gasteiger charge is -2.22. The Morgan fingerprint density at radius 2 is 2.09 bits per heavy atom. The monoisotopic (exact) mass is 306 g/mol. The summed E-state index contributed by atoms with van der Waals surface area (Å²) < 4.78 is 4.67. The maximum atomic E-state index is 12.0. The van der Waals surface area contributed by atoms with E-state index < -0.39 is 30.0 Å². The van der Waals surface area contributed by atoms with Gasteiger partial charge in [0.05, 0.1) is 6.61 Å². The van der Waals surface area contributed by atoms with Crippen molar-refractivity contribution in [2.75, 3.05) is 11.9 Å². The van der Waals surface area contributed by atoms with Crippen LogP contribution < -0.4 is 21.7 Å². The molecule has 5 N–H and O–H groups in total. The highest BCUT2D eigenvalue weighted by Crippen LogP contribution is 2.12. The molecule has 1 aromatic carbocycles. The van der Waals surface area contributed by atoms with Crippen LogP contribution in [-0.4, -0.2) is 36.6 Å². The van der Waals surface area contributed by atoms with Crippen molar-refractivity contribution in [1.29, 1.82) is 0 Å². The van der Waals surface area contributed by atoms with Crippen LogP contribution in [-0.2, 0) is 9.53 Å². The maximum Gasteiger partial charge on any atom is 0.407 e. The number of hydrogen-bond acceptors (Lipinski definition) is 5. The van der Waals surface area contributed by atoms with Gasteiger partial charge in [0, 0.05) is 17.7 Å². The number of imide groups is 1. The van der Waals surface area contributed by atoms with Crippen LogP contribution in [0.5, 0.6) is 0 Å².